The van der Waals surface area contributed by atoms with E-state index in [1.807, 2.05) is 0 Å². The maximum atomic E-state index is 13.8. The molecule has 0 aliphatic carbocycles. The largest absolute Gasteiger partial charge is 0.455 e. The molecule has 0 saturated heterocycles. The fourth-order valence-corrected chi connectivity index (χ4v) is 4.17. The highest BCUT2D eigenvalue weighted by Crippen LogP contribution is 2.39. The number of nitrogens with zero attached hydrogens (tertiary/aromatic N) is 1. The molecule has 0 atom stereocenters. The van der Waals surface area contributed by atoms with Crippen LogP contribution in [0.15, 0.2) is 59.0 Å². The predicted molar refractivity (Wildman–Crippen MR) is 112 cm³/mol. The smallest absolute Gasteiger partial charge is 0.216 e. The highest BCUT2D eigenvalue weighted by molar-refractivity contribution is 6.10. The summed E-state index contributed by atoms with van der Waals surface area (Å²) in [7, 11) is 2.09. The van der Waals surface area contributed by atoms with Gasteiger partial charge < -0.3 is 4.42 Å². The van der Waals surface area contributed by atoms with E-state index < -0.39 is 0 Å². The van der Waals surface area contributed by atoms with Gasteiger partial charge in [0.15, 0.2) is 0 Å². The van der Waals surface area contributed by atoms with Crippen LogP contribution in [0, 0.1) is 26.6 Å². The number of furan rings is 1. The van der Waals surface area contributed by atoms with Crippen molar-refractivity contribution >= 4 is 32.8 Å². The Morgan fingerprint density at radius 2 is 1.64 bits per heavy atom. The van der Waals surface area contributed by atoms with Crippen molar-refractivity contribution in [3.63, 3.8) is 0 Å². The Morgan fingerprint density at radius 3 is 2.46 bits per heavy atom. The number of benzene rings is 3. The summed E-state index contributed by atoms with van der Waals surface area (Å²) in [5.74, 6) is -0.284. The summed E-state index contributed by atoms with van der Waals surface area (Å²) in [5.41, 5.74) is 8.32. The first kappa shape index (κ1) is 16.9. The molecule has 2 aromatic heterocycles. The first-order chi connectivity index (χ1) is 13.4. The molecule has 138 valence electrons. The van der Waals surface area contributed by atoms with Gasteiger partial charge in [0, 0.05) is 34.4 Å². The van der Waals surface area contributed by atoms with Gasteiger partial charge in [-0.15, -0.1) is 0 Å². The molecule has 0 aliphatic heterocycles. The summed E-state index contributed by atoms with van der Waals surface area (Å²) in [4.78, 5) is 0. The lowest BCUT2D eigenvalue weighted by molar-refractivity contribution is -0.633. The Kier molecular flexibility index (Phi) is 3.57. The molecule has 0 radical (unpaired) electrons. The molecule has 2 heterocycles. The molecule has 0 amide bonds. The number of aromatic nitrogens is 1. The second kappa shape index (κ2) is 5.90. The lowest BCUT2D eigenvalue weighted by Gasteiger charge is -2.10. The Morgan fingerprint density at radius 1 is 0.857 bits per heavy atom. The molecule has 0 bridgehead atoms. The van der Waals surface area contributed by atoms with Gasteiger partial charge in [-0.2, -0.15) is 4.57 Å². The van der Waals surface area contributed by atoms with Crippen molar-refractivity contribution in [1.82, 2.24) is 0 Å². The number of aryl methyl sites for hydroxylation is 3. The zero-order chi connectivity index (χ0) is 19.6. The Bertz CT molecular complexity index is 1410. The van der Waals surface area contributed by atoms with Crippen LogP contribution >= 0.6 is 0 Å². The second-order valence-corrected chi connectivity index (χ2v) is 7.65. The lowest BCUT2D eigenvalue weighted by atomic mass is 9.96. The van der Waals surface area contributed by atoms with E-state index in [4.69, 9.17) is 4.42 Å². The van der Waals surface area contributed by atoms with E-state index in [1.54, 1.807) is 6.07 Å². The van der Waals surface area contributed by atoms with Crippen molar-refractivity contribution in [2.45, 2.75) is 20.8 Å². The molecule has 28 heavy (non-hydrogen) atoms. The minimum Gasteiger partial charge on any atom is -0.455 e. The monoisotopic (exact) mass is 370 g/mol. The first-order valence-corrected chi connectivity index (χ1v) is 9.46. The normalized spacial score (nSPS) is 11.8. The van der Waals surface area contributed by atoms with E-state index >= 15 is 0 Å². The maximum absolute atomic E-state index is 13.8. The summed E-state index contributed by atoms with van der Waals surface area (Å²) in [5, 5.41) is 3.17. The zero-order valence-electron chi connectivity index (χ0n) is 16.4. The third-order valence-electron chi connectivity index (χ3n) is 5.83. The van der Waals surface area contributed by atoms with Crippen LogP contribution in [-0.2, 0) is 7.05 Å². The third-order valence-corrected chi connectivity index (χ3v) is 5.83. The number of pyridine rings is 1. The summed E-state index contributed by atoms with van der Waals surface area (Å²) >= 11 is 0. The van der Waals surface area contributed by atoms with Crippen molar-refractivity contribution in [3.8, 4) is 11.3 Å². The van der Waals surface area contributed by atoms with Gasteiger partial charge in [-0.1, -0.05) is 6.07 Å². The van der Waals surface area contributed by atoms with Gasteiger partial charge in [-0.05, 0) is 67.8 Å². The molecule has 2 nitrogen and oxygen atoms in total. The van der Waals surface area contributed by atoms with Gasteiger partial charge >= 0.3 is 0 Å². The molecular formula is C25H21FNO+. The number of hydrogen-bond donors (Lipinski definition) is 0. The number of fused-ring (bicyclic) bond motifs is 4. The molecular weight excluding hydrogens is 349 g/mol. The molecule has 5 aromatic rings. The summed E-state index contributed by atoms with van der Waals surface area (Å²) in [6.45, 7) is 6.35. The van der Waals surface area contributed by atoms with Crippen LogP contribution in [0.1, 0.15) is 16.7 Å². The topological polar surface area (TPSA) is 17.0 Å². The molecule has 0 unspecified atom stereocenters. The molecule has 3 heteroatoms. The van der Waals surface area contributed by atoms with Crippen LogP contribution in [0.5, 0.6) is 0 Å². The van der Waals surface area contributed by atoms with Crippen molar-refractivity contribution in [3.05, 3.63) is 77.1 Å². The summed E-state index contributed by atoms with van der Waals surface area (Å²) in [6.07, 6.45) is 0. The van der Waals surface area contributed by atoms with Crippen LogP contribution in [0.4, 0.5) is 4.39 Å². The van der Waals surface area contributed by atoms with Crippen LogP contribution in [-0.4, -0.2) is 0 Å². The molecule has 0 aliphatic rings. The van der Waals surface area contributed by atoms with Gasteiger partial charge in [-0.25, -0.2) is 4.39 Å². The highest BCUT2D eigenvalue weighted by atomic mass is 19.1. The van der Waals surface area contributed by atoms with E-state index in [0.29, 0.717) is 5.58 Å². The zero-order valence-corrected chi connectivity index (χ0v) is 16.4. The Balaban J connectivity index is 1.93. The average molecular weight is 370 g/mol. The standard InChI is InChI=1S/C25H21FNO/c1-14-5-6-17-7-10-21(27(4)22(17)11-14)24-16(3)15(2)12-20-19-9-8-18(26)13-23(19)28-25(20)24/h5-13H,1-4H3/q+1. The van der Waals surface area contributed by atoms with E-state index in [0.717, 1.165) is 27.6 Å². The number of hydrogen-bond acceptors (Lipinski definition) is 1. The summed E-state index contributed by atoms with van der Waals surface area (Å²) < 4.78 is 22.2. The van der Waals surface area contributed by atoms with Crippen LogP contribution < -0.4 is 4.57 Å². The predicted octanol–water partition coefficient (Wildman–Crippen LogP) is 6.30. The van der Waals surface area contributed by atoms with Gasteiger partial charge in [0.25, 0.3) is 0 Å². The minimum atomic E-state index is -0.284. The fourth-order valence-electron chi connectivity index (χ4n) is 4.17. The average Bonchev–Trinajstić information content (AvgIpc) is 3.01. The van der Waals surface area contributed by atoms with Crippen LogP contribution in [0.3, 0.4) is 0 Å². The van der Waals surface area contributed by atoms with E-state index in [-0.39, 0.29) is 5.82 Å². The first-order valence-electron chi connectivity index (χ1n) is 9.46. The lowest BCUT2D eigenvalue weighted by Crippen LogP contribution is -2.32. The van der Waals surface area contributed by atoms with E-state index in [2.05, 4.69) is 68.8 Å². The minimum absolute atomic E-state index is 0.284. The SMILES string of the molecule is Cc1ccc2ccc(-c3c(C)c(C)cc4c3oc3cc(F)ccc34)[n+](C)c2c1. The molecule has 0 saturated carbocycles. The molecule has 0 fully saturated rings. The molecule has 3 aromatic carbocycles. The van der Waals surface area contributed by atoms with E-state index in [1.165, 1.54) is 39.7 Å². The third kappa shape index (κ3) is 2.36. The molecule has 5 rings (SSSR count). The van der Waals surface area contributed by atoms with Crippen molar-refractivity contribution < 1.29 is 13.4 Å². The van der Waals surface area contributed by atoms with Crippen molar-refractivity contribution in [2.24, 2.45) is 7.05 Å². The Hall–Kier alpha value is -3.20. The van der Waals surface area contributed by atoms with Gasteiger partial charge in [0.2, 0.25) is 11.2 Å². The molecule has 0 spiro atoms. The summed E-state index contributed by atoms with van der Waals surface area (Å²) in [6, 6.07) is 17.7. The highest BCUT2D eigenvalue weighted by Gasteiger charge is 2.23. The van der Waals surface area contributed by atoms with Gasteiger partial charge in [0.05, 0.1) is 5.56 Å². The van der Waals surface area contributed by atoms with Crippen LogP contribution in [0.25, 0.3) is 44.1 Å². The number of rotatable bonds is 1. The Labute approximate surface area is 162 Å². The second-order valence-electron chi connectivity index (χ2n) is 7.65. The quantitative estimate of drug-likeness (QED) is 0.317. The van der Waals surface area contributed by atoms with E-state index in [9.17, 15) is 4.39 Å². The molecule has 0 N–H and O–H groups in total. The van der Waals surface area contributed by atoms with Crippen LogP contribution in [0.2, 0.25) is 0 Å². The fraction of sp³-hybridized carbons (Fsp3) is 0.160. The van der Waals surface area contributed by atoms with Gasteiger partial charge in [0.1, 0.15) is 24.0 Å². The van der Waals surface area contributed by atoms with Crippen molar-refractivity contribution in [2.75, 3.05) is 0 Å². The number of halogens is 1. The van der Waals surface area contributed by atoms with Crippen molar-refractivity contribution in [1.29, 1.82) is 0 Å². The van der Waals surface area contributed by atoms with Gasteiger partial charge in [-0.3, -0.25) is 0 Å². The maximum Gasteiger partial charge on any atom is 0.216 e.